The molecule has 0 radical (unpaired) electrons. The van der Waals surface area contributed by atoms with Crippen LogP contribution in [0.2, 0.25) is 0 Å². The van der Waals surface area contributed by atoms with Gasteiger partial charge in [0.2, 0.25) is 0 Å². The summed E-state index contributed by atoms with van der Waals surface area (Å²) in [6, 6.07) is 0. The van der Waals surface area contributed by atoms with Crippen LogP contribution in [0.3, 0.4) is 0 Å². The molecule has 0 heterocycles. The summed E-state index contributed by atoms with van der Waals surface area (Å²) >= 11 is 0. The van der Waals surface area contributed by atoms with Crippen LogP contribution >= 0.6 is 0 Å². The van der Waals surface area contributed by atoms with E-state index in [9.17, 15) is 9.90 Å². The maximum Gasteiger partial charge on any atom is 0.303 e. The van der Waals surface area contributed by atoms with Crippen LogP contribution in [-0.2, 0) is 4.79 Å². The molecule has 0 aliphatic carbocycles. The summed E-state index contributed by atoms with van der Waals surface area (Å²) in [5.41, 5.74) is 0. The van der Waals surface area contributed by atoms with E-state index >= 15 is 0 Å². The highest BCUT2D eigenvalue weighted by Crippen LogP contribution is 1.98. The second-order valence-electron chi connectivity index (χ2n) is 5.55. The quantitative estimate of drug-likeness (QED) is 0.322. The number of allylic oxidation sites excluding steroid dienone is 10. The van der Waals surface area contributed by atoms with Gasteiger partial charge >= 0.3 is 5.97 Å². The van der Waals surface area contributed by atoms with E-state index in [1.807, 2.05) is 30.4 Å². The number of aliphatic hydroxyl groups excluding tert-OH is 1. The van der Waals surface area contributed by atoms with Crippen molar-refractivity contribution in [2.24, 2.45) is 0 Å². The van der Waals surface area contributed by atoms with Gasteiger partial charge < -0.3 is 10.2 Å². The molecule has 0 aromatic carbocycles. The first-order chi connectivity index (χ1) is 12.2. The predicted molar refractivity (Wildman–Crippen MR) is 106 cm³/mol. The third-order valence-electron chi connectivity index (χ3n) is 3.20. The van der Waals surface area contributed by atoms with Crippen LogP contribution in [0.15, 0.2) is 72.9 Å². The zero-order valence-electron chi connectivity index (χ0n) is 15.3. The number of aliphatic hydroxyl groups is 1. The van der Waals surface area contributed by atoms with Crippen LogP contribution in [0.25, 0.3) is 0 Å². The summed E-state index contributed by atoms with van der Waals surface area (Å²) in [5, 5.41) is 18.2. The largest absolute Gasteiger partial charge is 0.481 e. The first-order valence-corrected chi connectivity index (χ1v) is 9.00. The Morgan fingerprint density at radius 3 is 2.04 bits per heavy atom. The molecule has 1 atom stereocenters. The Hall–Kier alpha value is -2.13. The minimum Gasteiger partial charge on any atom is -0.481 e. The molecular weight excluding hydrogens is 312 g/mol. The van der Waals surface area contributed by atoms with Gasteiger partial charge in [-0.05, 0) is 38.5 Å². The van der Waals surface area contributed by atoms with Crippen molar-refractivity contribution in [2.75, 3.05) is 0 Å². The molecule has 0 aromatic heterocycles. The molecule has 0 spiro atoms. The van der Waals surface area contributed by atoms with Gasteiger partial charge in [0.15, 0.2) is 0 Å². The SMILES string of the molecule is CCC=CCC(O)C=CC=CCC=CCC=CCC=CCCC(=O)O. The first kappa shape index (κ1) is 22.9. The highest BCUT2D eigenvalue weighted by atomic mass is 16.4. The highest BCUT2D eigenvalue weighted by Gasteiger charge is 1.92. The number of hydrogen-bond acceptors (Lipinski definition) is 2. The fourth-order valence-electron chi connectivity index (χ4n) is 1.87. The van der Waals surface area contributed by atoms with Gasteiger partial charge in [0.05, 0.1) is 6.10 Å². The van der Waals surface area contributed by atoms with E-state index < -0.39 is 12.1 Å². The third-order valence-corrected chi connectivity index (χ3v) is 3.20. The van der Waals surface area contributed by atoms with Crippen molar-refractivity contribution >= 4 is 5.97 Å². The van der Waals surface area contributed by atoms with Crippen LogP contribution in [0.1, 0.15) is 51.9 Å². The van der Waals surface area contributed by atoms with Gasteiger partial charge in [-0.15, -0.1) is 0 Å². The predicted octanol–water partition coefficient (Wildman–Crippen LogP) is 5.52. The molecule has 0 saturated heterocycles. The maximum absolute atomic E-state index is 10.3. The molecule has 0 rings (SSSR count). The molecule has 0 bridgehead atoms. The van der Waals surface area contributed by atoms with E-state index in [2.05, 4.69) is 43.4 Å². The Bertz CT molecular complexity index is 493. The van der Waals surface area contributed by atoms with Crippen molar-refractivity contribution in [3.63, 3.8) is 0 Å². The Morgan fingerprint density at radius 2 is 1.44 bits per heavy atom. The number of carboxylic acid groups (broad SMARTS) is 1. The lowest BCUT2D eigenvalue weighted by Gasteiger charge is -1.98. The van der Waals surface area contributed by atoms with Crippen molar-refractivity contribution in [2.45, 2.75) is 58.0 Å². The summed E-state index contributed by atoms with van der Waals surface area (Å²) in [7, 11) is 0. The smallest absolute Gasteiger partial charge is 0.303 e. The summed E-state index contributed by atoms with van der Waals surface area (Å²) in [5.74, 6) is -0.754. The van der Waals surface area contributed by atoms with Crippen molar-refractivity contribution < 1.29 is 15.0 Å². The van der Waals surface area contributed by atoms with E-state index in [4.69, 9.17) is 5.11 Å². The molecule has 3 heteroatoms. The lowest BCUT2D eigenvalue weighted by atomic mass is 10.2. The Labute approximate surface area is 152 Å². The molecule has 0 saturated carbocycles. The van der Waals surface area contributed by atoms with Crippen molar-refractivity contribution in [1.29, 1.82) is 0 Å². The number of hydrogen-bond donors (Lipinski definition) is 2. The molecule has 0 fully saturated rings. The topological polar surface area (TPSA) is 57.5 Å². The molecule has 0 aliphatic heterocycles. The van der Waals surface area contributed by atoms with Crippen LogP contribution in [0.4, 0.5) is 0 Å². The maximum atomic E-state index is 10.3. The minimum absolute atomic E-state index is 0.195. The fourth-order valence-corrected chi connectivity index (χ4v) is 1.87. The van der Waals surface area contributed by atoms with Crippen LogP contribution in [-0.4, -0.2) is 22.3 Å². The number of carboxylic acids is 1. The number of rotatable bonds is 14. The second-order valence-corrected chi connectivity index (χ2v) is 5.55. The molecule has 138 valence electrons. The molecule has 0 aromatic rings. The first-order valence-electron chi connectivity index (χ1n) is 9.00. The average molecular weight is 344 g/mol. The standard InChI is InChI=1S/C22H32O3/c1-2-3-15-18-21(23)19-16-13-11-9-7-5-4-6-8-10-12-14-17-20-22(24)25/h3,5-8,11-16,19,21,23H,2,4,9-10,17-18,20H2,1H3,(H,24,25). The van der Waals surface area contributed by atoms with Crippen LogP contribution in [0.5, 0.6) is 0 Å². The minimum atomic E-state index is -0.754. The van der Waals surface area contributed by atoms with Gasteiger partial charge in [0, 0.05) is 6.42 Å². The molecule has 3 nitrogen and oxygen atoms in total. The Kier molecular flexibility index (Phi) is 16.7. The van der Waals surface area contributed by atoms with E-state index in [-0.39, 0.29) is 6.42 Å². The zero-order chi connectivity index (χ0) is 18.6. The van der Waals surface area contributed by atoms with Gasteiger partial charge in [0.25, 0.3) is 0 Å². The van der Waals surface area contributed by atoms with E-state index in [0.717, 1.165) is 25.7 Å². The number of carbonyl (C=O) groups is 1. The summed E-state index contributed by atoms with van der Waals surface area (Å²) in [6.45, 7) is 2.08. The van der Waals surface area contributed by atoms with E-state index in [0.29, 0.717) is 12.8 Å². The van der Waals surface area contributed by atoms with Gasteiger partial charge in [-0.2, -0.15) is 0 Å². The Balaban J connectivity index is 3.66. The molecular formula is C22H32O3. The fraction of sp³-hybridized carbons (Fsp3) is 0.409. The summed E-state index contributed by atoms with van der Waals surface area (Å²) in [6.07, 6.45) is 28.7. The van der Waals surface area contributed by atoms with Gasteiger partial charge in [-0.3, -0.25) is 4.79 Å². The van der Waals surface area contributed by atoms with Gasteiger partial charge in [0.1, 0.15) is 0 Å². The molecule has 0 amide bonds. The molecule has 25 heavy (non-hydrogen) atoms. The van der Waals surface area contributed by atoms with Crippen molar-refractivity contribution in [3.05, 3.63) is 72.9 Å². The zero-order valence-corrected chi connectivity index (χ0v) is 15.3. The molecule has 0 aliphatic rings. The highest BCUT2D eigenvalue weighted by molar-refractivity contribution is 5.66. The Morgan fingerprint density at radius 1 is 0.840 bits per heavy atom. The normalized spacial score (nSPS) is 14.3. The van der Waals surface area contributed by atoms with Crippen molar-refractivity contribution in [1.82, 2.24) is 0 Å². The number of aliphatic carboxylic acids is 1. The lowest BCUT2D eigenvalue weighted by Crippen LogP contribution is -1.98. The van der Waals surface area contributed by atoms with Crippen molar-refractivity contribution in [3.8, 4) is 0 Å². The van der Waals surface area contributed by atoms with Gasteiger partial charge in [-0.25, -0.2) is 0 Å². The average Bonchev–Trinajstić information content (AvgIpc) is 2.58. The van der Waals surface area contributed by atoms with Crippen LogP contribution < -0.4 is 0 Å². The summed E-state index contributed by atoms with van der Waals surface area (Å²) in [4.78, 5) is 10.3. The monoisotopic (exact) mass is 344 g/mol. The molecule has 2 N–H and O–H groups in total. The lowest BCUT2D eigenvalue weighted by molar-refractivity contribution is -0.136. The van der Waals surface area contributed by atoms with Gasteiger partial charge in [-0.1, -0.05) is 79.8 Å². The van der Waals surface area contributed by atoms with E-state index in [1.165, 1.54) is 0 Å². The van der Waals surface area contributed by atoms with E-state index in [1.54, 1.807) is 6.08 Å². The van der Waals surface area contributed by atoms with Crippen LogP contribution in [0, 0.1) is 0 Å². The summed E-state index contributed by atoms with van der Waals surface area (Å²) < 4.78 is 0. The third kappa shape index (κ3) is 19.8. The molecule has 1 unspecified atom stereocenters. The second kappa shape index (κ2) is 18.2.